The fourth-order valence-corrected chi connectivity index (χ4v) is 3.15. The van der Waals surface area contributed by atoms with Gasteiger partial charge < -0.3 is 4.90 Å². The fraction of sp³-hybridized carbons (Fsp3) is 0.533. The van der Waals surface area contributed by atoms with Crippen LogP contribution < -0.4 is 0 Å². The van der Waals surface area contributed by atoms with Crippen LogP contribution in [-0.2, 0) is 17.8 Å². The first-order chi connectivity index (χ1) is 10.6. The van der Waals surface area contributed by atoms with Crippen LogP contribution in [0.2, 0.25) is 5.02 Å². The summed E-state index contributed by atoms with van der Waals surface area (Å²) in [5.41, 5.74) is 2.37. The number of aromatic nitrogens is 4. The van der Waals surface area contributed by atoms with Gasteiger partial charge in [-0.15, -0.1) is 0 Å². The first-order valence-electron chi connectivity index (χ1n) is 7.56. The Kier molecular flexibility index (Phi) is 4.47. The number of likely N-dealkylation sites (tertiary alicyclic amines) is 1. The molecule has 1 amide bonds. The third-order valence-corrected chi connectivity index (χ3v) is 4.39. The van der Waals surface area contributed by atoms with Crippen molar-refractivity contribution in [1.82, 2.24) is 24.9 Å². The molecule has 2 aromatic heterocycles. The van der Waals surface area contributed by atoms with E-state index in [9.17, 15) is 4.79 Å². The Labute approximate surface area is 134 Å². The van der Waals surface area contributed by atoms with Crippen LogP contribution in [0.25, 0.3) is 0 Å². The molecule has 0 aromatic carbocycles. The van der Waals surface area contributed by atoms with Crippen LogP contribution in [0, 0.1) is 12.8 Å². The van der Waals surface area contributed by atoms with Gasteiger partial charge in [-0.2, -0.15) is 10.2 Å². The van der Waals surface area contributed by atoms with Crippen LogP contribution in [-0.4, -0.2) is 43.9 Å². The predicted molar refractivity (Wildman–Crippen MR) is 83.6 cm³/mol. The van der Waals surface area contributed by atoms with Crippen molar-refractivity contribution in [3.05, 3.63) is 34.9 Å². The lowest BCUT2D eigenvalue weighted by atomic mass is 9.92. The van der Waals surface area contributed by atoms with Gasteiger partial charge in [0.15, 0.2) is 0 Å². The van der Waals surface area contributed by atoms with Crippen molar-refractivity contribution in [1.29, 1.82) is 0 Å². The van der Waals surface area contributed by atoms with E-state index in [0.717, 1.165) is 32.4 Å². The lowest BCUT2D eigenvalue weighted by Gasteiger charge is -2.32. The standard InChI is InChI=1S/C15H20ClN5O/c1-11-6-17-19-14(11)5-12-3-2-4-20(8-12)15(22)10-21-9-13(16)7-18-21/h6-7,9,12H,2-5,8,10H2,1H3,(H,17,19)/t12-/m0/s1. The SMILES string of the molecule is Cc1cn[nH]c1C[C@@H]1CCCN(C(=O)Cn2cc(Cl)cn2)C1. The Morgan fingerprint density at radius 2 is 2.36 bits per heavy atom. The summed E-state index contributed by atoms with van der Waals surface area (Å²) in [5.74, 6) is 0.587. The number of halogens is 1. The minimum Gasteiger partial charge on any atom is -0.341 e. The zero-order valence-corrected chi connectivity index (χ0v) is 13.4. The molecule has 0 spiro atoms. The summed E-state index contributed by atoms with van der Waals surface area (Å²) >= 11 is 5.83. The minimum absolute atomic E-state index is 0.103. The van der Waals surface area contributed by atoms with Crippen LogP contribution in [0.4, 0.5) is 0 Å². The highest BCUT2D eigenvalue weighted by Crippen LogP contribution is 2.21. The van der Waals surface area contributed by atoms with Gasteiger partial charge in [-0.25, -0.2) is 0 Å². The number of aryl methyl sites for hydroxylation is 1. The summed E-state index contributed by atoms with van der Waals surface area (Å²) < 4.78 is 1.59. The van der Waals surface area contributed by atoms with E-state index in [1.807, 2.05) is 11.1 Å². The van der Waals surface area contributed by atoms with Crippen LogP contribution >= 0.6 is 11.6 Å². The number of nitrogens with zero attached hydrogens (tertiary/aromatic N) is 4. The highest BCUT2D eigenvalue weighted by molar-refractivity contribution is 6.30. The molecule has 1 saturated heterocycles. The van der Waals surface area contributed by atoms with Gasteiger partial charge in [-0.3, -0.25) is 14.6 Å². The van der Waals surface area contributed by atoms with E-state index in [4.69, 9.17) is 11.6 Å². The van der Waals surface area contributed by atoms with Crippen molar-refractivity contribution in [2.75, 3.05) is 13.1 Å². The average molecular weight is 322 g/mol. The Morgan fingerprint density at radius 1 is 1.50 bits per heavy atom. The summed E-state index contributed by atoms with van der Waals surface area (Å²) in [4.78, 5) is 14.3. The molecular formula is C15H20ClN5O. The third kappa shape index (κ3) is 3.50. The van der Waals surface area contributed by atoms with Crippen LogP contribution in [0.5, 0.6) is 0 Å². The Morgan fingerprint density at radius 3 is 3.05 bits per heavy atom. The Hall–Kier alpha value is -1.82. The zero-order valence-electron chi connectivity index (χ0n) is 12.6. The van der Waals surface area contributed by atoms with Crippen molar-refractivity contribution in [2.24, 2.45) is 5.92 Å². The maximum absolute atomic E-state index is 12.4. The number of carbonyl (C=O) groups is 1. The average Bonchev–Trinajstić information content (AvgIpc) is 3.08. The van der Waals surface area contributed by atoms with E-state index in [0.29, 0.717) is 10.9 Å². The summed E-state index contributed by atoms with van der Waals surface area (Å²) in [6.45, 7) is 3.94. The second kappa shape index (κ2) is 6.52. The maximum atomic E-state index is 12.4. The molecule has 7 heteroatoms. The summed E-state index contributed by atoms with van der Waals surface area (Å²) in [6, 6.07) is 0. The van der Waals surface area contributed by atoms with Crippen molar-refractivity contribution >= 4 is 17.5 Å². The van der Waals surface area contributed by atoms with E-state index in [1.165, 1.54) is 11.3 Å². The topological polar surface area (TPSA) is 66.8 Å². The predicted octanol–water partition coefficient (Wildman–Crippen LogP) is 2.05. The molecule has 0 aliphatic carbocycles. The molecule has 22 heavy (non-hydrogen) atoms. The molecule has 0 saturated carbocycles. The Bertz CT molecular complexity index is 650. The first-order valence-corrected chi connectivity index (χ1v) is 7.94. The second-order valence-corrected chi connectivity index (χ2v) is 6.38. The van der Waals surface area contributed by atoms with Gasteiger partial charge in [0.05, 0.1) is 17.4 Å². The van der Waals surface area contributed by atoms with Gasteiger partial charge in [0, 0.05) is 25.0 Å². The smallest absolute Gasteiger partial charge is 0.244 e. The summed E-state index contributed by atoms with van der Waals surface area (Å²) in [7, 11) is 0. The lowest BCUT2D eigenvalue weighted by molar-refractivity contribution is -0.133. The number of amides is 1. The molecule has 3 heterocycles. The molecule has 2 aromatic rings. The molecule has 1 atom stereocenters. The van der Waals surface area contributed by atoms with Crippen LogP contribution in [0.3, 0.4) is 0 Å². The number of hydrogen-bond donors (Lipinski definition) is 1. The number of piperidine rings is 1. The quantitative estimate of drug-likeness (QED) is 0.937. The normalized spacial score (nSPS) is 18.6. The van der Waals surface area contributed by atoms with E-state index in [1.54, 1.807) is 17.1 Å². The number of H-pyrrole nitrogens is 1. The third-order valence-electron chi connectivity index (χ3n) is 4.20. The van der Waals surface area contributed by atoms with E-state index in [-0.39, 0.29) is 12.5 Å². The molecular weight excluding hydrogens is 302 g/mol. The van der Waals surface area contributed by atoms with Crippen LogP contribution in [0.15, 0.2) is 18.6 Å². The van der Waals surface area contributed by atoms with E-state index < -0.39 is 0 Å². The highest BCUT2D eigenvalue weighted by atomic mass is 35.5. The minimum atomic E-state index is 0.103. The van der Waals surface area contributed by atoms with Gasteiger partial charge in [0.1, 0.15) is 6.54 Å². The molecule has 118 valence electrons. The van der Waals surface area contributed by atoms with E-state index >= 15 is 0 Å². The number of aromatic amines is 1. The number of carbonyl (C=O) groups excluding carboxylic acids is 1. The van der Waals surface area contributed by atoms with Gasteiger partial charge in [-0.05, 0) is 37.7 Å². The van der Waals surface area contributed by atoms with Crippen LogP contribution in [0.1, 0.15) is 24.1 Å². The molecule has 0 bridgehead atoms. The molecule has 1 aliphatic rings. The van der Waals surface area contributed by atoms with Gasteiger partial charge in [-0.1, -0.05) is 11.6 Å². The van der Waals surface area contributed by atoms with Crippen molar-refractivity contribution in [2.45, 2.75) is 32.7 Å². The second-order valence-electron chi connectivity index (χ2n) is 5.94. The maximum Gasteiger partial charge on any atom is 0.244 e. The van der Waals surface area contributed by atoms with E-state index in [2.05, 4.69) is 22.2 Å². The molecule has 0 unspecified atom stereocenters. The lowest BCUT2D eigenvalue weighted by Crippen LogP contribution is -2.42. The van der Waals surface area contributed by atoms with Gasteiger partial charge in [0.2, 0.25) is 5.91 Å². The fourth-order valence-electron chi connectivity index (χ4n) is 2.99. The van der Waals surface area contributed by atoms with Gasteiger partial charge in [0.25, 0.3) is 0 Å². The molecule has 3 rings (SSSR count). The number of rotatable bonds is 4. The first kappa shape index (κ1) is 15.1. The number of nitrogens with one attached hydrogen (secondary N) is 1. The molecule has 0 radical (unpaired) electrons. The van der Waals surface area contributed by atoms with Crippen molar-refractivity contribution in [3.8, 4) is 0 Å². The largest absolute Gasteiger partial charge is 0.341 e. The monoisotopic (exact) mass is 321 g/mol. The Balaban J connectivity index is 1.58. The highest BCUT2D eigenvalue weighted by Gasteiger charge is 2.24. The zero-order chi connectivity index (χ0) is 15.5. The summed E-state index contributed by atoms with van der Waals surface area (Å²) in [5, 5.41) is 11.7. The molecule has 1 N–H and O–H groups in total. The summed E-state index contributed by atoms with van der Waals surface area (Å²) in [6.07, 6.45) is 8.22. The van der Waals surface area contributed by atoms with Crippen molar-refractivity contribution in [3.63, 3.8) is 0 Å². The molecule has 1 fully saturated rings. The number of hydrogen-bond acceptors (Lipinski definition) is 3. The molecule has 6 nitrogen and oxygen atoms in total. The van der Waals surface area contributed by atoms with Crippen molar-refractivity contribution < 1.29 is 4.79 Å². The molecule has 1 aliphatic heterocycles. The van der Waals surface area contributed by atoms with Gasteiger partial charge >= 0.3 is 0 Å².